The van der Waals surface area contributed by atoms with Crippen LogP contribution in [0.25, 0.3) is 0 Å². The third-order valence-corrected chi connectivity index (χ3v) is 4.46. The molecule has 1 atom stereocenters. The first kappa shape index (κ1) is 15.9. The summed E-state index contributed by atoms with van der Waals surface area (Å²) in [5.41, 5.74) is 2.63. The van der Waals surface area contributed by atoms with Gasteiger partial charge in [-0.05, 0) is 38.0 Å². The van der Waals surface area contributed by atoms with Crippen molar-refractivity contribution in [3.8, 4) is 0 Å². The predicted octanol–water partition coefficient (Wildman–Crippen LogP) is 4.57. The number of carbonyl (C=O) groups is 1. The molecule has 1 fully saturated rings. The Morgan fingerprint density at radius 1 is 1.52 bits per heavy atom. The summed E-state index contributed by atoms with van der Waals surface area (Å²) in [5.74, 6) is 0.870. The molecule has 1 saturated heterocycles. The lowest BCUT2D eigenvalue weighted by Crippen LogP contribution is -2.34. The largest absolute Gasteiger partial charge is 0.361 e. The van der Waals surface area contributed by atoms with E-state index in [0.717, 1.165) is 42.8 Å². The molecule has 2 aromatic rings. The average Bonchev–Trinajstić information content (AvgIpc) is 3.13. The molecule has 0 unspecified atom stereocenters. The number of amides is 2. The molecule has 0 aliphatic carbocycles. The minimum Gasteiger partial charge on any atom is -0.361 e. The number of hydrogen-bond acceptors (Lipinski definition) is 3. The fraction of sp³-hybridized carbons (Fsp3) is 0.412. The van der Waals surface area contributed by atoms with Crippen LogP contribution < -0.4 is 5.32 Å². The molecule has 2 heterocycles. The highest BCUT2D eigenvalue weighted by atomic mass is 35.5. The number of halogens is 1. The van der Waals surface area contributed by atoms with Crippen molar-refractivity contribution in [2.75, 3.05) is 11.9 Å². The van der Waals surface area contributed by atoms with Gasteiger partial charge in [0, 0.05) is 29.2 Å². The minimum absolute atomic E-state index is 0.0235. The van der Waals surface area contributed by atoms with Crippen molar-refractivity contribution in [2.24, 2.45) is 0 Å². The number of aromatic nitrogens is 1. The second-order valence-corrected chi connectivity index (χ2v) is 6.19. The standard InChI is InChI=1S/C17H20ClN3O2/c1-3-15-16(11(2)20-23-15)14-8-5-9-21(14)17(22)19-13-7-4-6-12(18)10-13/h4,6-7,10,14H,3,5,8-9H2,1-2H3,(H,19,22)/t14-/m1/s1. The zero-order valence-corrected chi connectivity index (χ0v) is 14.1. The molecule has 1 aromatic heterocycles. The first-order chi connectivity index (χ1) is 11.1. The number of likely N-dealkylation sites (tertiary alicyclic amines) is 1. The Balaban J connectivity index is 1.81. The van der Waals surface area contributed by atoms with Gasteiger partial charge in [-0.3, -0.25) is 0 Å². The first-order valence-electron chi connectivity index (χ1n) is 7.88. The quantitative estimate of drug-likeness (QED) is 0.895. The molecule has 0 bridgehead atoms. The summed E-state index contributed by atoms with van der Waals surface area (Å²) in [6.45, 7) is 4.70. The molecular formula is C17H20ClN3O2. The highest BCUT2D eigenvalue weighted by Gasteiger charge is 2.34. The second kappa shape index (κ2) is 6.62. The van der Waals surface area contributed by atoms with Crippen molar-refractivity contribution in [2.45, 2.75) is 39.2 Å². The van der Waals surface area contributed by atoms with E-state index in [9.17, 15) is 4.79 Å². The van der Waals surface area contributed by atoms with Gasteiger partial charge in [-0.25, -0.2) is 4.79 Å². The molecule has 0 spiro atoms. The van der Waals surface area contributed by atoms with E-state index >= 15 is 0 Å². The Morgan fingerprint density at radius 2 is 2.35 bits per heavy atom. The highest BCUT2D eigenvalue weighted by molar-refractivity contribution is 6.30. The lowest BCUT2D eigenvalue weighted by molar-refractivity contribution is 0.206. The number of carbonyl (C=O) groups excluding carboxylic acids is 1. The SMILES string of the molecule is CCc1onc(C)c1[C@H]1CCCN1C(=O)Nc1cccc(Cl)c1. The summed E-state index contributed by atoms with van der Waals surface area (Å²) in [6, 6.07) is 7.08. The van der Waals surface area contributed by atoms with E-state index in [1.165, 1.54) is 0 Å². The number of nitrogens with zero attached hydrogens (tertiary/aromatic N) is 2. The van der Waals surface area contributed by atoms with Gasteiger partial charge in [-0.1, -0.05) is 29.7 Å². The number of urea groups is 1. The van der Waals surface area contributed by atoms with Crippen LogP contribution in [-0.2, 0) is 6.42 Å². The molecule has 6 heteroatoms. The number of aryl methyl sites for hydroxylation is 2. The summed E-state index contributed by atoms with van der Waals surface area (Å²) in [6.07, 6.45) is 2.68. The van der Waals surface area contributed by atoms with Gasteiger partial charge in [0.15, 0.2) is 0 Å². The summed E-state index contributed by atoms with van der Waals surface area (Å²) in [5, 5.41) is 7.60. The summed E-state index contributed by atoms with van der Waals surface area (Å²) >= 11 is 5.97. The van der Waals surface area contributed by atoms with Crippen molar-refractivity contribution in [3.05, 3.63) is 46.3 Å². The monoisotopic (exact) mass is 333 g/mol. The molecule has 1 aliphatic rings. The fourth-order valence-corrected chi connectivity index (χ4v) is 3.37. The Hall–Kier alpha value is -2.01. The van der Waals surface area contributed by atoms with Crippen molar-refractivity contribution in [1.29, 1.82) is 0 Å². The molecule has 3 rings (SSSR count). The van der Waals surface area contributed by atoms with Crippen LogP contribution in [0.2, 0.25) is 5.02 Å². The summed E-state index contributed by atoms with van der Waals surface area (Å²) in [7, 11) is 0. The molecule has 23 heavy (non-hydrogen) atoms. The van der Waals surface area contributed by atoms with Crippen LogP contribution >= 0.6 is 11.6 Å². The van der Waals surface area contributed by atoms with Gasteiger partial charge >= 0.3 is 6.03 Å². The Morgan fingerprint density at radius 3 is 3.09 bits per heavy atom. The van der Waals surface area contributed by atoms with Crippen molar-refractivity contribution in [1.82, 2.24) is 10.1 Å². The number of rotatable bonds is 3. The van der Waals surface area contributed by atoms with E-state index in [-0.39, 0.29) is 12.1 Å². The highest BCUT2D eigenvalue weighted by Crippen LogP contribution is 2.36. The van der Waals surface area contributed by atoms with E-state index in [1.807, 2.05) is 30.9 Å². The van der Waals surface area contributed by atoms with E-state index < -0.39 is 0 Å². The van der Waals surface area contributed by atoms with E-state index in [0.29, 0.717) is 10.7 Å². The molecular weight excluding hydrogens is 314 g/mol. The van der Waals surface area contributed by atoms with Crippen LogP contribution in [0.3, 0.4) is 0 Å². The summed E-state index contributed by atoms with van der Waals surface area (Å²) in [4.78, 5) is 14.5. The average molecular weight is 334 g/mol. The smallest absolute Gasteiger partial charge is 0.322 e. The maximum absolute atomic E-state index is 12.7. The van der Waals surface area contributed by atoms with Crippen LogP contribution in [0, 0.1) is 6.92 Å². The van der Waals surface area contributed by atoms with Crippen molar-refractivity contribution in [3.63, 3.8) is 0 Å². The molecule has 0 radical (unpaired) electrons. The second-order valence-electron chi connectivity index (χ2n) is 5.75. The molecule has 0 saturated carbocycles. The Labute approximate surface area is 140 Å². The normalized spacial score (nSPS) is 17.5. The molecule has 122 valence electrons. The van der Waals surface area contributed by atoms with Crippen LogP contribution in [0.1, 0.15) is 42.8 Å². The summed E-state index contributed by atoms with van der Waals surface area (Å²) < 4.78 is 5.39. The maximum Gasteiger partial charge on any atom is 0.322 e. The zero-order chi connectivity index (χ0) is 16.4. The number of hydrogen-bond donors (Lipinski definition) is 1. The van der Waals surface area contributed by atoms with Gasteiger partial charge < -0.3 is 14.7 Å². The van der Waals surface area contributed by atoms with Gasteiger partial charge in [-0.15, -0.1) is 0 Å². The van der Waals surface area contributed by atoms with Crippen LogP contribution in [0.4, 0.5) is 10.5 Å². The van der Waals surface area contributed by atoms with Crippen LogP contribution in [-0.4, -0.2) is 22.6 Å². The molecule has 1 aliphatic heterocycles. The molecule has 1 N–H and O–H groups in total. The number of anilines is 1. The fourth-order valence-electron chi connectivity index (χ4n) is 3.18. The predicted molar refractivity (Wildman–Crippen MR) is 89.8 cm³/mol. The minimum atomic E-state index is -0.114. The third-order valence-electron chi connectivity index (χ3n) is 4.23. The first-order valence-corrected chi connectivity index (χ1v) is 8.26. The molecule has 5 nitrogen and oxygen atoms in total. The lowest BCUT2D eigenvalue weighted by Gasteiger charge is -2.25. The van der Waals surface area contributed by atoms with E-state index in [2.05, 4.69) is 10.5 Å². The van der Waals surface area contributed by atoms with Crippen molar-refractivity contribution >= 4 is 23.3 Å². The van der Waals surface area contributed by atoms with E-state index in [1.54, 1.807) is 12.1 Å². The van der Waals surface area contributed by atoms with Gasteiger partial charge in [-0.2, -0.15) is 0 Å². The van der Waals surface area contributed by atoms with Crippen LogP contribution in [0.5, 0.6) is 0 Å². The van der Waals surface area contributed by atoms with Crippen LogP contribution in [0.15, 0.2) is 28.8 Å². The Kier molecular flexibility index (Phi) is 4.57. The third kappa shape index (κ3) is 3.20. The molecule has 1 aromatic carbocycles. The van der Waals surface area contributed by atoms with Gasteiger partial charge in [0.05, 0.1) is 11.7 Å². The number of nitrogens with one attached hydrogen (secondary N) is 1. The maximum atomic E-state index is 12.7. The van der Waals surface area contributed by atoms with E-state index in [4.69, 9.17) is 16.1 Å². The van der Waals surface area contributed by atoms with Gasteiger partial charge in [0.2, 0.25) is 0 Å². The topological polar surface area (TPSA) is 58.4 Å². The van der Waals surface area contributed by atoms with Gasteiger partial charge in [0.1, 0.15) is 5.76 Å². The lowest BCUT2D eigenvalue weighted by atomic mass is 10.0. The zero-order valence-electron chi connectivity index (χ0n) is 13.3. The van der Waals surface area contributed by atoms with Crippen molar-refractivity contribution < 1.29 is 9.32 Å². The number of benzene rings is 1. The Bertz CT molecular complexity index is 714. The molecule has 2 amide bonds. The van der Waals surface area contributed by atoms with Gasteiger partial charge in [0.25, 0.3) is 0 Å².